The summed E-state index contributed by atoms with van der Waals surface area (Å²) >= 11 is 5.71. The van der Waals surface area contributed by atoms with Gasteiger partial charge in [-0.15, -0.1) is 0 Å². The number of alkyl halides is 3. The van der Waals surface area contributed by atoms with E-state index in [0.717, 1.165) is 30.6 Å². The lowest BCUT2D eigenvalue weighted by Gasteiger charge is -2.33. The van der Waals surface area contributed by atoms with E-state index in [9.17, 15) is 21.8 Å². The maximum atomic E-state index is 13.7. The van der Waals surface area contributed by atoms with Gasteiger partial charge in [0.25, 0.3) is 0 Å². The van der Waals surface area contributed by atoms with Crippen LogP contribution in [0.3, 0.4) is 0 Å². The number of pyridine rings is 1. The molecule has 1 aromatic carbocycles. The van der Waals surface area contributed by atoms with Gasteiger partial charge in [0.2, 0.25) is 0 Å². The van der Waals surface area contributed by atoms with Gasteiger partial charge in [-0.25, -0.2) is 13.4 Å². The molecule has 0 aliphatic rings. The van der Waals surface area contributed by atoms with Crippen molar-refractivity contribution >= 4 is 21.5 Å². The summed E-state index contributed by atoms with van der Waals surface area (Å²) in [5.41, 5.74) is -0.219. The van der Waals surface area contributed by atoms with Gasteiger partial charge in [-0.3, -0.25) is 4.98 Å². The average molecular weight is 396 g/mol. The maximum Gasteiger partial charge on any atom is 0.409 e. The van der Waals surface area contributed by atoms with Crippen molar-refractivity contribution in [1.29, 1.82) is 4.78 Å². The first-order valence-electron chi connectivity index (χ1n) is 7.05. The van der Waals surface area contributed by atoms with Crippen molar-refractivity contribution in [3.8, 4) is 0 Å². The highest BCUT2D eigenvalue weighted by molar-refractivity contribution is 7.90. The number of nitrogens with one attached hydrogen (secondary N) is 1. The molecule has 0 amide bonds. The van der Waals surface area contributed by atoms with E-state index < -0.39 is 32.8 Å². The second kappa shape index (κ2) is 7.27. The van der Waals surface area contributed by atoms with Crippen molar-refractivity contribution in [2.24, 2.45) is 0 Å². The van der Waals surface area contributed by atoms with E-state index in [1.807, 2.05) is 0 Å². The third-order valence-electron chi connectivity index (χ3n) is 3.42. The summed E-state index contributed by atoms with van der Waals surface area (Å²) in [5.74, 6) is -0.886. The summed E-state index contributed by atoms with van der Waals surface area (Å²) in [6, 6.07) is 3.30. The fraction of sp³-hybridized carbons (Fsp3) is 0.267. The predicted molar refractivity (Wildman–Crippen MR) is 86.0 cm³/mol. The topological polar surface area (TPSA) is 57.1 Å². The monoisotopic (exact) mass is 395 g/mol. The number of benzene rings is 1. The smallest absolute Gasteiger partial charge is 0.260 e. The molecule has 25 heavy (non-hydrogen) atoms. The summed E-state index contributed by atoms with van der Waals surface area (Å²) in [6.07, 6.45) is -3.07. The molecule has 0 radical (unpaired) electrons. The van der Waals surface area contributed by atoms with Crippen molar-refractivity contribution in [3.05, 3.63) is 59.1 Å². The molecule has 2 aromatic rings. The molecule has 0 bridgehead atoms. The Balaban J connectivity index is 2.59. The summed E-state index contributed by atoms with van der Waals surface area (Å²) in [5, 5.41) is 0.244. The van der Waals surface area contributed by atoms with Crippen molar-refractivity contribution in [1.82, 2.24) is 9.29 Å². The zero-order valence-corrected chi connectivity index (χ0v) is 14.5. The Morgan fingerprint density at radius 3 is 2.36 bits per heavy atom. The predicted octanol–water partition coefficient (Wildman–Crippen LogP) is 4.82. The van der Waals surface area contributed by atoms with Crippen LogP contribution in [0.2, 0.25) is 5.02 Å². The first-order chi connectivity index (χ1) is 11.6. The maximum absolute atomic E-state index is 13.7. The number of nitrogens with zero attached hydrogens (tertiary/aromatic N) is 2. The SMILES string of the molecule is CCN([C@H](c1ccc(Cl)cc1)C(F)(F)F)S(=N)(=O)c1cncc(F)c1. The zero-order valence-electron chi connectivity index (χ0n) is 12.9. The van der Waals surface area contributed by atoms with Gasteiger partial charge in [0.15, 0.2) is 0 Å². The number of rotatable bonds is 5. The number of aromatic nitrogens is 1. The van der Waals surface area contributed by atoms with Crippen molar-refractivity contribution in [2.45, 2.75) is 24.0 Å². The lowest BCUT2D eigenvalue weighted by atomic mass is 10.1. The van der Waals surface area contributed by atoms with E-state index in [1.165, 1.54) is 19.1 Å². The van der Waals surface area contributed by atoms with Crippen molar-refractivity contribution in [3.63, 3.8) is 0 Å². The summed E-state index contributed by atoms with van der Waals surface area (Å²) in [7, 11) is -4.14. The van der Waals surface area contributed by atoms with Gasteiger partial charge in [0.05, 0.1) is 11.1 Å². The fourth-order valence-electron chi connectivity index (χ4n) is 2.36. The van der Waals surface area contributed by atoms with Crippen LogP contribution in [0.1, 0.15) is 18.5 Å². The fourth-order valence-corrected chi connectivity index (χ4v) is 4.13. The van der Waals surface area contributed by atoms with Crippen molar-refractivity contribution < 1.29 is 21.8 Å². The lowest BCUT2D eigenvalue weighted by molar-refractivity contribution is -0.173. The van der Waals surface area contributed by atoms with Crippen LogP contribution >= 0.6 is 11.6 Å². The number of hydrogen-bond donors (Lipinski definition) is 1. The van der Waals surface area contributed by atoms with Crippen LogP contribution in [0, 0.1) is 10.6 Å². The normalized spacial score (nSPS) is 15.8. The Bertz CT molecular complexity index is 841. The quantitative estimate of drug-likeness (QED) is 0.738. The van der Waals surface area contributed by atoms with Gasteiger partial charge in [0.1, 0.15) is 21.8 Å². The minimum atomic E-state index is -4.81. The molecule has 136 valence electrons. The minimum absolute atomic E-state index is 0.219. The second-order valence-electron chi connectivity index (χ2n) is 5.09. The van der Waals surface area contributed by atoms with E-state index in [1.54, 1.807) is 0 Å². The van der Waals surface area contributed by atoms with Gasteiger partial charge in [0, 0.05) is 17.8 Å². The first kappa shape index (κ1) is 19.6. The number of halogens is 5. The van der Waals surface area contributed by atoms with Crippen LogP contribution in [0.25, 0.3) is 0 Å². The number of hydrogen-bond acceptors (Lipinski definition) is 3. The Morgan fingerprint density at radius 1 is 1.28 bits per heavy atom. The van der Waals surface area contributed by atoms with E-state index in [0.29, 0.717) is 4.31 Å². The standard InChI is InChI=1S/C15H14ClF4N3OS/c1-2-23(25(21,24)13-7-12(17)8-22-9-13)14(15(18,19)20)10-3-5-11(16)6-4-10/h3-9,14,21H,2H2,1H3/t14-,25?/m1/s1. The highest BCUT2D eigenvalue weighted by Gasteiger charge is 2.47. The average Bonchev–Trinajstić information content (AvgIpc) is 2.52. The van der Waals surface area contributed by atoms with Crippen LogP contribution in [0.15, 0.2) is 47.6 Å². The Kier molecular flexibility index (Phi) is 5.70. The van der Waals surface area contributed by atoms with E-state index in [4.69, 9.17) is 16.4 Å². The highest BCUT2D eigenvalue weighted by atomic mass is 35.5. The van der Waals surface area contributed by atoms with Gasteiger partial charge < -0.3 is 0 Å². The summed E-state index contributed by atoms with van der Waals surface area (Å²) in [4.78, 5) is 3.04. The van der Waals surface area contributed by atoms with Crippen LogP contribution in [0.5, 0.6) is 0 Å². The molecule has 0 aliphatic carbocycles. The molecule has 1 heterocycles. The Morgan fingerprint density at radius 2 is 1.88 bits per heavy atom. The van der Waals surface area contributed by atoms with Crippen LogP contribution in [-0.4, -0.2) is 26.2 Å². The van der Waals surface area contributed by atoms with Crippen molar-refractivity contribution in [2.75, 3.05) is 6.54 Å². The van der Waals surface area contributed by atoms with Crippen LogP contribution < -0.4 is 0 Å². The molecule has 2 atom stereocenters. The molecule has 0 aliphatic heterocycles. The van der Waals surface area contributed by atoms with Crippen LogP contribution in [0.4, 0.5) is 17.6 Å². The van der Waals surface area contributed by atoms with Gasteiger partial charge in [-0.1, -0.05) is 30.7 Å². The Labute approximate surface area is 147 Å². The molecule has 0 fully saturated rings. The highest BCUT2D eigenvalue weighted by Crippen LogP contribution is 2.40. The van der Waals surface area contributed by atoms with Gasteiger partial charge in [-0.2, -0.15) is 17.5 Å². The van der Waals surface area contributed by atoms with Gasteiger partial charge >= 0.3 is 6.18 Å². The first-order valence-corrected chi connectivity index (χ1v) is 8.95. The molecular weight excluding hydrogens is 382 g/mol. The molecule has 0 saturated heterocycles. The summed E-state index contributed by atoms with van der Waals surface area (Å²) in [6.45, 7) is 0.987. The lowest BCUT2D eigenvalue weighted by Crippen LogP contribution is -2.41. The minimum Gasteiger partial charge on any atom is -0.260 e. The second-order valence-corrected chi connectivity index (χ2v) is 7.52. The summed E-state index contributed by atoms with van der Waals surface area (Å²) < 4.78 is 75.8. The molecule has 0 saturated carbocycles. The Hall–Kier alpha value is -1.71. The molecule has 0 spiro atoms. The largest absolute Gasteiger partial charge is 0.409 e. The van der Waals surface area contributed by atoms with Gasteiger partial charge in [-0.05, 0) is 23.8 Å². The van der Waals surface area contributed by atoms with E-state index in [2.05, 4.69) is 4.98 Å². The molecule has 10 heteroatoms. The third-order valence-corrected chi connectivity index (χ3v) is 5.67. The molecule has 4 nitrogen and oxygen atoms in total. The molecule has 1 aromatic heterocycles. The molecular formula is C15H14ClF4N3OS. The molecule has 2 rings (SSSR count). The van der Waals surface area contributed by atoms with E-state index >= 15 is 0 Å². The molecule has 1 N–H and O–H groups in total. The zero-order chi connectivity index (χ0) is 18.8. The third kappa shape index (κ3) is 4.28. The molecule has 1 unspecified atom stereocenters. The van der Waals surface area contributed by atoms with Crippen LogP contribution in [-0.2, 0) is 9.92 Å². The van der Waals surface area contributed by atoms with E-state index in [-0.39, 0.29) is 17.1 Å².